The second kappa shape index (κ2) is 7.06. The third-order valence-electron chi connectivity index (χ3n) is 3.12. The van der Waals surface area contributed by atoms with Gasteiger partial charge in [0, 0.05) is 6.54 Å². The van der Waals surface area contributed by atoms with Gasteiger partial charge in [0.15, 0.2) is 5.82 Å². The number of methoxy groups -OCH3 is 1. The van der Waals surface area contributed by atoms with E-state index in [1.54, 1.807) is 7.11 Å². The lowest BCUT2D eigenvalue weighted by Gasteiger charge is -2.15. The first-order valence-electron chi connectivity index (χ1n) is 7.03. The molecule has 1 heterocycles. The third-order valence-corrected chi connectivity index (χ3v) is 4.18. The van der Waals surface area contributed by atoms with Crippen molar-refractivity contribution >= 4 is 28.4 Å². The quantitative estimate of drug-likeness (QED) is 0.764. The number of nitrogens with zero attached hydrogens (tertiary/aromatic N) is 2. The van der Waals surface area contributed by atoms with Crippen molar-refractivity contribution in [3.05, 3.63) is 33.5 Å². The molecule has 0 saturated heterocycles. The summed E-state index contributed by atoms with van der Waals surface area (Å²) in [5, 5.41) is 3.32. The van der Waals surface area contributed by atoms with E-state index in [0.29, 0.717) is 11.7 Å². The zero-order chi connectivity index (χ0) is 15.4. The Kier molecular flexibility index (Phi) is 5.39. The highest BCUT2D eigenvalue weighted by molar-refractivity contribution is 14.1. The van der Waals surface area contributed by atoms with Crippen molar-refractivity contribution in [2.24, 2.45) is 0 Å². The van der Waals surface area contributed by atoms with E-state index in [0.717, 1.165) is 32.9 Å². The van der Waals surface area contributed by atoms with Gasteiger partial charge in [-0.05, 0) is 47.6 Å². The predicted octanol–water partition coefficient (Wildman–Crippen LogP) is 4.31. The van der Waals surface area contributed by atoms with Crippen LogP contribution in [0.25, 0.3) is 11.4 Å². The average Bonchev–Trinajstić information content (AvgIpc) is 2.49. The Morgan fingerprint density at radius 2 is 1.95 bits per heavy atom. The van der Waals surface area contributed by atoms with Crippen molar-refractivity contribution in [1.29, 1.82) is 0 Å². The molecule has 4 nitrogen and oxygen atoms in total. The molecule has 0 unspecified atom stereocenters. The van der Waals surface area contributed by atoms with Crippen molar-refractivity contribution in [1.82, 2.24) is 9.97 Å². The summed E-state index contributed by atoms with van der Waals surface area (Å²) in [6.45, 7) is 7.18. The van der Waals surface area contributed by atoms with Gasteiger partial charge < -0.3 is 10.1 Å². The Morgan fingerprint density at radius 1 is 1.24 bits per heavy atom. The summed E-state index contributed by atoms with van der Waals surface area (Å²) < 4.78 is 6.51. The van der Waals surface area contributed by atoms with Crippen LogP contribution in [0.5, 0.6) is 5.75 Å². The van der Waals surface area contributed by atoms with Crippen LogP contribution in [0.2, 0.25) is 0 Å². The van der Waals surface area contributed by atoms with E-state index in [1.165, 1.54) is 0 Å². The number of para-hydroxylation sites is 1. The Labute approximate surface area is 139 Å². The predicted molar refractivity (Wildman–Crippen MR) is 95.0 cm³/mol. The lowest BCUT2D eigenvalue weighted by molar-refractivity contribution is 0.416. The van der Waals surface area contributed by atoms with Gasteiger partial charge in [0.25, 0.3) is 0 Å². The molecule has 0 atom stereocenters. The number of aromatic nitrogens is 2. The topological polar surface area (TPSA) is 47.0 Å². The van der Waals surface area contributed by atoms with Gasteiger partial charge in [-0.1, -0.05) is 26.0 Å². The molecule has 1 aromatic heterocycles. The SMILES string of the molecule is CCNc1nc(-c2ccccc2OC)nc(C(C)C)c1I. The molecule has 2 aromatic rings. The fraction of sp³-hybridized carbons (Fsp3) is 0.375. The molecule has 0 aliphatic carbocycles. The fourth-order valence-electron chi connectivity index (χ4n) is 2.08. The van der Waals surface area contributed by atoms with Gasteiger partial charge in [-0.2, -0.15) is 0 Å². The first-order chi connectivity index (χ1) is 10.1. The Morgan fingerprint density at radius 3 is 2.57 bits per heavy atom. The van der Waals surface area contributed by atoms with E-state index in [9.17, 15) is 0 Å². The van der Waals surface area contributed by atoms with Gasteiger partial charge in [0.05, 0.1) is 21.9 Å². The minimum absolute atomic E-state index is 0.339. The molecule has 0 aliphatic rings. The summed E-state index contributed by atoms with van der Waals surface area (Å²) in [5.74, 6) is 2.71. The highest BCUT2D eigenvalue weighted by Gasteiger charge is 2.17. The highest BCUT2D eigenvalue weighted by Crippen LogP contribution is 2.32. The summed E-state index contributed by atoms with van der Waals surface area (Å²) in [6, 6.07) is 7.84. The summed E-state index contributed by atoms with van der Waals surface area (Å²) in [7, 11) is 1.67. The van der Waals surface area contributed by atoms with Crippen molar-refractivity contribution < 1.29 is 4.74 Å². The Hall–Kier alpha value is -1.37. The lowest BCUT2D eigenvalue weighted by atomic mass is 10.1. The van der Waals surface area contributed by atoms with E-state index < -0.39 is 0 Å². The van der Waals surface area contributed by atoms with Crippen LogP contribution in [0, 0.1) is 3.57 Å². The van der Waals surface area contributed by atoms with Gasteiger partial charge in [0.2, 0.25) is 0 Å². The molecule has 21 heavy (non-hydrogen) atoms. The standard InChI is InChI=1S/C16H20IN3O/c1-5-18-16-13(17)14(10(2)3)19-15(20-16)11-8-6-7-9-12(11)21-4/h6-10H,5H2,1-4H3,(H,18,19,20). The van der Waals surface area contributed by atoms with Crippen LogP contribution < -0.4 is 10.1 Å². The molecular weight excluding hydrogens is 377 g/mol. The van der Waals surface area contributed by atoms with Crippen LogP contribution in [0.4, 0.5) is 5.82 Å². The molecular formula is C16H20IN3O. The second-order valence-electron chi connectivity index (χ2n) is 4.98. The zero-order valence-corrected chi connectivity index (χ0v) is 14.9. The fourth-order valence-corrected chi connectivity index (χ4v) is 3.14. The molecule has 0 fully saturated rings. The van der Waals surface area contributed by atoms with Gasteiger partial charge in [-0.25, -0.2) is 9.97 Å². The molecule has 112 valence electrons. The molecule has 0 saturated carbocycles. The smallest absolute Gasteiger partial charge is 0.165 e. The van der Waals surface area contributed by atoms with Crippen LogP contribution in [0.3, 0.4) is 0 Å². The molecule has 1 aromatic carbocycles. The molecule has 5 heteroatoms. The summed E-state index contributed by atoms with van der Waals surface area (Å²) in [5.41, 5.74) is 1.97. The van der Waals surface area contributed by atoms with Crippen molar-refractivity contribution in [2.75, 3.05) is 19.0 Å². The van der Waals surface area contributed by atoms with Gasteiger partial charge >= 0.3 is 0 Å². The molecule has 0 radical (unpaired) electrons. The Balaban J connectivity index is 2.63. The average molecular weight is 397 g/mol. The van der Waals surface area contributed by atoms with E-state index in [4.69, 9.17) is 9.72 Å². The van der Waals surface area contributed by atoms with E-state index in [2.05, 4.69) is 53.7 Å². The summed E-state index contributed by atoms with van der Waals surface area (Å²) in [4.78, 5) is 9.43. The van der Waals surface area contributed by atoms with Gasteiger partial charge in [-0.15, -0.1) is 0 Å². The van der Waals surface area contributed by atoms with Crippen LogP contribution in [-0.2, 0) is 0 Å². The minimum atomic E-state index is 0.339. The lowest BCUT2D eigenvalue weighted by Crippen LogP contribution is -2.09. The van der Waals surface area contributed by atoms with E-state index >= 15 is 0 Å². The maximum Gasteiger partial charge on any atom is 0.165 e. The maximum absolute atomic E-state index is 5.43. The number of halogens is 1. The summed E-state index contributed by atoms with van der Waals surface area (Å²) in [6.07, 6.45) is 0. The van der Waals surface area contributed by atoms with Crippen LogP contribution in [-0.4, -0.2) is 23.6 Å². The molecule has 0 spiro atoms. The van der Waals surface area contributed by atoms with E-state index in [1.807, 2.05) is 24.3 Å². The number of rotatable bonds is 5. The number of hydrogen-bond acceptors (Lipinski definition) is 4. The van der Waals surface area contributed by atoms with Crippen LogP contribution in [0.15, 0.2) is 24.3 Å². The van der Waals surface area contributed by atoms with Crippen molar-refractivity contribution in [3.8, 4) is 17.1 Å². The van der Waals surface area contributed by atoms with Crippen molar-refractivity contribution in [2.45, 2.75) is 26.7 Å². The number of hydrogen-bond donors (Lipinski definition) is 1. The number of benzene rings is 1. The van der Waals surface area contributed by atoms with Gasteiger partial charge in [-0.3, -0.25) is 0 Å². The first-order valence-corrected chi connectivity index (χ1v) is 8.11. The van der Waals surface area contributed by atoms with Crippen LogP contribution >= 0.6 is 22.6 Å². The first kappa shape index (κ1) is 16.0. The second-order valence-corrected chi connectivity index (χ2v) is 6.06. The van der Waals surface area contributed by atoms with Gasteiger partial charge in [0.1, 0.15) is 11.6 Å². The molecule has 0 bridgehead atoms. The minimum Gasteiger partial charge on any atom is -0.496 e. The number of ether oxygens (including phenoxy) is 1. The maximum atomic E-state index is 5.43. The van der Waals surface area contributed by atoms with Crippen LogP contribution in [0.1, 0.15) is 32.4 Å². The third kappa shape index (κ3) is 3.45. The largest absolute Gasteiger partial charge is 0.496 e. The van der Waals surface area contributed by atoms with Crippen molar-refractivity contribution in [3.63, 3.8) is 0 Å². The monoisotopic (exact) mass is 397 g/mol. The highest BCUT2D eigenvalue weighted by atomic mass is 127. The zero-order valence-electron chi connectivity index (χ0n) is 12.8. The molecule has 1 N–H and O–H groups in total. The normalized spacial score (nSPS) is 10.8. The number of anilines is 1. The molecule has 2 rings (SSSR count). The number of nitrogens with one attached hydrogen (secondary N) is 1. The van der Waals surface area contributed by atoms with E-state index in [-0.39, 0.29) is 0 Å². The Bertz CT molecular complexity index is 629. The molecule has 0 aliphatic heterocycles. The summed E-state index contributed by atoms with van der Waals surface area (Å²) >= 11 is 2.31. The molecule has 0 amide bonds.